The van der Waals surface area contributed by atoms with Crippen LogP contribution in [0, 0.1) is 5.92 Å². The Kier molecular flexibility index (Phi) is 6.02. The number of benzene rings is 1. The highest BCUT2D eigenvalue weighted by atomic mass is 16.5. The van der Waals surface area contributed by atoms with E-state index in [4.69, 9.17) is 4.74 Å². The normalized spacial score (nSPS) is 13.9. The van der Waals surface area contributed by atoms with E-state index in [0.717, 1.165) is 5.75 Å². The molecule has 0 aromatic heterocycles. The van der Waals surface area contributed by atoms with Gasteiger partial charge in [0, 0.05) is 12.1 Å². The van der Waals surface area contributed by atoms with Gasteiger partial charge in [-0.25, -0.2) is 0 Å². The van der Waals surface area contributed by atoms with Crippen LogP contribution >= 0.6 is 0 Å². The Bertz CT molecular complexity index is 424. The number of ether oxygens (including phenoxy) is 1. The Labute approximate surface area is 121 Å². The molecule has 2 N–H and O–H groups in total. The highest BCUT2D eigenvalue weighted by molar-refractivity contribution is 5.94. The fourth-order valence-corrected chi connectivity index (χ4v) is 1.46. The molecule has 1 amide bonds. The fraction of sp³-hybridized carbons (Fsp3) is 0.562. The van der Waals surface area contributed by atoms with Crippen LogP contribution in [-0.4, -0.2) is 29.8 Å². The summed E-state index contributed by atoms with van der Waals surface area (Å²) in [5.41, 5.74) is -0.301. The van der Waals surface area contributed by atoms with Crippen molar-refractivity contribution in [1.29, 1.82) is 0 Å². The lowest BCUT2D eigenvalue weighted by molar-refractivity contribution is 0.0518. The number of nitrogens with one attached hydrogen (secondary N) is 1. The van der Waals surface area contributed by atoms with Gasteiger partial charge in [-0.3, -0.25) is 4.79 Å². The predicted octanol–water partition coefficient (Wildman–Crippen LogP) is 2.61. The number of rotatable bonds is 7. The van der Waals surface area contributed by atoms with E-state index < -0.39 is 5.60 Å². The van der Waals surface area contributed by atoms with E-state index in [1.54, 1.807) is 31.2 Å². The minimum absolute atomic E-state index is 0.186. The van der Waals surface area contributed by atoms with Crippen molar-refractivity contribution in [1.82, 2.24) is 5.32 Å². The van der Waals surface area contributed by atoms with E-state index in [-0.39, 0.29) is 12.5 Å². The van der Waals surface area contributed by atoms with Gasteiger partial charge in [0.25, 0.3) is 5.91 Å². The average Bonchev–Trinajstić information content (AvgIpc) is 2.43. The van der Waals surface area contributed by atoms with Gasteiger partial charge in [-0.05, 0) is 43.5 Å². The van der Waals surface area contributed by atoms with Crippen molar-refractivity contribution in [2.45, 2.75) is 39.7 Å². The molecule has 112 valence electrons. The van der Waals surface area contributed by atoms with Crippen LogP contribution < -0.4 is 10.1 Å². The number of carbonyl (C=O) groups is 1. The Morgan fingerprint density at radius 2 is 1.95 bits per heavy atom. The monoisotopic (exact) mass is 279 g/mol. The third-order valence-electron chi connectivity index (χ3n) is 3.09. The second-order valence-corrected chi connectivity index (χ2v) is 5.76. The van der Waals surface area contributed by atoms with Crippen molar-refractivity contribution >= 4 is 5.91 Å². The molecule has 4 nitrogen and oxygen atoms in total. The molecular weight excluding hydrogens is 254 g/mol. The van der Waals surface area contributed by atoms with Gasteiger partial charge in [-0.1, -0.05) is 20.8 Å². The maximum Gasteiger partial charge on any atom is 0.251 e. The van der Waals surface area contributed by atoms with Crippen LogP contribution in [0.5, 0.6) is 5.75 Å². The maximum absolute atomic E-state index is 11.9. The molecule has 0 bridgehead atoms. The highest BCUT2D eigenvalue weighted by Gasteiger charge is 2.18. The van der Waals surface area contributed by atoms with Crippen LogP contribution in [-0.2, 0) is 0 Å². The van der Waals surface area contributed by atoms with Crippen molar-refractivity contribution < 1.29 is 14.6 Å². The number of hydrogen-bond donors (Lipinski definition) is 2. The topological polar surface area (TPSA) is 58.6 Å². The summed E-state index contributed by atoms with van der Waals surface area (Å²) in [4.78, 5) is 11.9. The summed E-state index contributed by atoms with van der Waals surface area (Å²) in [5.74, 6) is 1.04. The van der Waals surface area contributed by atoms with E-state index in [2.05, 4.69) is 19.2 Å². The first-order valence-corrected chi connectivity index (χ1v) is 7.07. The summed E-state index contributed by atoms with van der Waals surface area (Å²) in [7, 11) is 0. The maximum atomic E-state index is 11.9. The molecule has 0 radical (unpaired) electrons. The number of amides is 1. The lowest BCUT2D eigenvalue weighted by atomic mass is 10.0. The molecule has 0 spiro atoms. The summed E-state index contributed by atoms with van der Waals surface area (Å²) in [6.07, 6.45) is 0.593. The largest absolute Gasteiger partial charge is 0.493 e. The Morgan fingerprint density at radius 1 is 1.35 bits per heavy atom. The van der Waals surface area contributed by atoms with Gasteiger partial charge in [0.15, 0.2) is 0 Å². The first-order valence-electron chi connectivity index (χ1n) is 7.07. The van der Waals surface area contributed by atoms with Crippen LogP contribution in [0.2, 0.25) is 0 Å². The Hall–Kier alpha value is -1.55. The van der Waals surface area contributed by atoms with Crippen LogP contribution in [0.3, 0.4) is 0 Å². The lowest BCUT2D eigenvalue weighted by Crippen LogP contribution is -2.40. The van der Waals surface area contributed by atoms with Crippen molar-refractivity contribution in [3.05, 3.63) is 29.8 Å². The van der Waals surface area contributed by atoms with E-state index in [1.807, 2.05) is 6.92 Å². The standard InChI is InChI=1S/C16H25NO3/c1-5-16(4,19)11-17-15(18)13-6-8-14(9-7-13)20-10-12(2)3/h6-9,12,19H,5,10-11H2,1-4H3,(H,17,18). The Morgan fingerprint density at radius 3 is 2.45 bits per heavy atom. The smallest absolute Gasteiger partial charge is 0.251 e. The molecule has 1 atom stereocenters. The zero-order valence-corrected chi connectivity index (χ0v) is 12.8. The molecule has 1 aromatic rings. The molecular formula is C16H25NO3. The second-order valence-electron chi connectivity index (χ2n) is 5.76. The first-order chi connectivity index (χ1) is 9.34. The minimum atomic E-state index is -0.865. The summed E-state index contributed by atoms with van der Waals surface area (Å²) in [6, 6.07) is 7.03. The molecule has 0 saturated heterocycles. The average molecular weight is 279 g/mol. The van der Waals surface area contributed by atoms with E-state index in [0.29, 0.717) is 24.5 Å². The zero-order valence-electron chi connectivity index (χ0n) is 12.8. The fourth-order valence-electron chi connectivity index (χ4n) is 1.46. The van der Waals surface area contributed by atoms with E-state index >= 15 is 0 Å². The van der Waals surface area contributed by atoms with Gasteiger partial charge in [0.05, 0.1) is 12.2 Å². The summed E-state index contributed by atoms with van der Waals surface area (Å²) < 4.78 is 5.56. The third-order valence-corrected chi connectivity index (χ3v) is 3.09. The molecule has 20 heavy (non-hydrogen) atoms. The SMILES string of the molecule is CCC(C)(O)CNC(=O)c1ccc(OCC(C)C)cc1. The highest BCUT2D eigenvalue weighted by Crippen LogP contribution is 2.13. The van der Waals surface area contributed by atoms with Crippen molar-refractivity contribution in [3.63, 3.8) is 0 Å². The lowest BCUT2D eigenvalue weighted by Gasteiger charge is -2.21. The molecule has 4 heteroatoms. The second kappa shape index (κ2) is 7.29. The molecule has 0 aliphatic rings. The third kappa shape index (κ3) is 5.61. The van der Waals surface area contributed by atoms with Crippen molar-refractivity contribution in [2.24, 2.45) is 5.92 Å². The minimum Gasteiger partial charge on any atom is -0.493 e. The molecule has 0 aliphatic carbocycles. The van der Waals surface area contributed by atoms with E-state index in [1.165, 1.54) is 0 Å². The molecule has 0 aliphatic heterocycles. The van der Waals surface area contributed by atoms with Gasteiger partial charge in [0.1, 0.15) is 5.75 Å². The van der Waals surface area contributed by atoms with Crippen LogP contribution in [0.4, 0.5) is 0 Å². The summed E-state index contributed by atoms with van der Waals surface area (Å²) in [6.45, 7) is 8.66. The number of hydrogen-bond acceptors (Lipinski definition) is 3. The first kappa shape index (κ1) is 16.5. The molecule has 1 rings (SSSR count). The molecule has 0 saturated carbocycles. The molecule has 0 heterocycles. The van der Waals surface area contributed by atoms with Gasteiger partial charge in [0.2, 0.25) is 0 Å². The zero-order chi connectivity index (χ0) is 15.2. The van der Waals surface area contributed by atoms with Crippen molar-refractivity contribution in [3.8, 4) is 5.75 Å². The van der Waals surface area contributed by atoms with Gasteiger partial charge >= 0.3 is 0 Å². The number of aliphatic hydroxyl groups is 1. The van der Waals surface area contributed by atoms with Gasteiger partial charge < -0.3 is 15.2 Å². The molecule has 1 unspecified atom stereocenters. The quantitative estimate of drug-likeness (QED) is 0.806. The molecule has 1 aromatic carbocycles. The van der Waals surface area contributed by atoms with E-state index in [9.17, 15) is 9.90 Å². The van der Waals surface area contributed by atoms with Gasteiger partial charge in [-0.2, -0.15) is 0 Å². The Balaban J connectivity index is 2.53. The molecule has 0 fully saturated rings. The summed E-state index contributed by atoms with van der Waals surface area (Å²) >= 11 is 0. The summed E-state index contributed by atoms with van der Waals surface area (Å²) in [5, 5.41) is 12.6. The van der Waals surface area contributed by atoms with Gasteiger partial charge in [-0.15, -0.1) is 0 Å². The van der Waals surface area contributed by atoms with Crippen molar-refractivity contribution in [2.75, 3.05) is 13.2 Å². The van der Waals surface area contributed by atoms with Crippen LogP contribution in [0.1, 0.15) is 44.5 Å². The number of carbonyl (C=O) groups excluding carboxylic acids is 1. The van der Waals surface area contributed by atoms with Crippen LogP contribution in [0.25, 0.3) is 0 Å². The predicted molar refractivity (Wildman–Crippen MR) is 80.0 cm³/mol. The van der Waals surface area contributed by atoms with Crippen LogP contribution in [0.15, 0.2) is 24.3 Å².